The van der Waals surface area contributed by atoms with E-state index in [1.807, 2.05) is 4.83 Å². The van der Waals surface area contributed by atoms with Gasteiger partial charge in [-0.2, -0.15) is 5.26 Å². The lowest BCUT2D eigenvalue weighted by atomic mass is 10.2. The normalized spacial score (nSPS) is 12.5. The molecule has 1 heterocycles. The number of rotatable bonds is 4. The van der Waals surface area contributed by atoms with Crippen LogP contribution in [0.15, 0.2) is 47.4 Å². The Hall–Kier alpha value is -3.09. The predicted octanol–water partition coefficient (Wildman–Crippen LogP) is 0.910. The van der Waals surface area contributed by atoms with Crippen molar-refractivity contribution in [3.8, 4) is 17.6 Å². The summed E-state index contributed by atoms with van der Waals surface area (Å²) in [6.45, 7) is 0.0674. The maximum atomic E-state index is 12.2. The molecule has 0 bridgehead atoms. The Morgan fingerprint density at radius 1 is 1.12 bits per heavy atom. The molecule has 3 rings (SSSR count). The number of carbonyl (C=O) groups is 1. The van der Waals surface area contributed by atoms with E-state index in [1.165, 1.54) is 30.3 Å². The third kappa shape index (κ3) is 3.01. The lowest BCUT2D eigenvalue weighted by molar-refractivity contribution is 0.0944. The average molecular weight is 345 g/mol. The quantitative estimate of drug-likeness (QED) is 0.795. The summed E-state index contributed by atoms with van der Waals surface area (Å²) in [5.74, 6) is 0.238. The van der Waals surface area contributed by atoms with Gasteiger partial charge in [0.25, 0.3) is 15.9 Å². The van der Waals surface area contributed by atoms with E-state index < -0.39 is 15.9 Å². The maximum Gasteiger partial charge on any atom is 0.266 e. The van der Waals surface area contributed by atoms with Gasteiger partial charge in [0.2, 0.25) is 6.79 Å². The number of sulfonamides is 1. The fourth-order valence-electron chi connectivity index (χ4n) is 2.07. The van der Waals surface area contributed by atoms with E-state index in [0.29, 0.717) is 11.5 Å². The molecule has 2 N–H and O–H groups in total. The molecule has 24 heavy (non-hydrogen) atoms. The Bertz CT molecular complexity index is 950. The standard InChI is InChI=1S/C15H11N3O5S/c16-8-11-3-1-2-4-14(11)24(20,21)18-17-15(19)10-5-6-12-13(7-10)23-9-22-12/h1-7,18H,9H2,(H,17,19). The van der Waals surface area contributed by atoms with Crippen LogP contribution < -0.4 is 19.7 Å². The van der Waals surface area contributed by atoms with Crippen LogP contribution in [0.3, 0.4) is 0 Å². The molecule has 0 aromatic heterocycles. The summed E-state index contributed by atoms with van der Waals surface area (Å²) in [4.78, 5) is 13.8. The van der Waals surface area contributed by atoms with E-state index >= 15 is 0 Å². The topological polar surface area (TPSA) is 118 Å². The fraction of sp³-hybridized carbons (Fsp3) is 0.0667. The third-order valence-corrected chi connectivity index (χ3v) is 4.54. The summed E-state index contributed by atoms with van der Waals surface area (Å²) >= 11 is 0. The van der Waals surface area contributed by atoms with Crippen LogP contribution in [0.4, 0.5) is 0 Å². The van der Waals surface area contributed by atoms with Gasteiger partial charge in [0, 0.05) is 5.56 Å². The molecular formula is C15H11N3O5S. The molecule has 122 valence electrons. The number of hydrogen-bond donors (Lipinski definition) is 2. The van der Waals surface area contributed by atoms with Gasteiger partial charge in [-0.3, -0.25) is 10.2 Å². The van der Waals surface area contributed by atoms with Crippen molar-refractivity contribution in [2.75, 3.05) is 6.79 Å². The second kappa shape index (κ2) is 6.19. The molecule has 0 aliphatic carbocycles. The van der Waals surface area contributed by atoms with Crippen molar-refractivity contribution >= 4 is 15.9 Å². The summed E-state index contributed by atoms with van der Waals surface area (Å²) < 4.78 is 34.7. The SMILES string of the molecule is N#Cc1ccccc1S(=O)(=O)NNC(=O)c1ccc2c(c1)OCO2. The molecule has 0 saturated heterocycles. The number of amides is 1. The zero-order valence-electron chi connectivity index (χ0n) is 12.1. The van der Waals surface area contributed by atoms with Crippen molar-refractivity contribution in [2.24, 2.45) is 0 Å². The molecule has 0 fully saturated rings. The molecule has 1 aliphatic heterocycles. The van der Waals surface area contributed by atoms with Crippen molar-refractivity contribution in [1.29, 1.82) is 5.26 Å². The van der Waals surface area contributed by atoms with Crippen molar-refractivity contribution in [1.82, 2.24) is 10.3 Å². The molecule has 0 atom stereocenters. The first-order valence-corrected chi connectivity index (χ1v) is 8.20. The van der Waals surface area contributed by atoms with E-state index in [9.17, 15) is 13.2 Å². The number of nitriles is 1. The summed E-state index contributed by atoms with van der Waals surface area (Å²) in [5, 5.41) is 8.97. The smallest absolute Gasteiger partial charge is 0.266 e. The highest BCUT2D eigenvalue weighted by Gasteiger charge is 2.20. The monoisotopic (exact) mass is 345 g/mol. The van der Waals surface area contributed by atoms with Gasteiger partial charge >= 0.3 is 0 Å². The second-order valence-corrected chi connectivity index (χ2v) is 6.39. The highest BCUT2D eigenvalue weighted by Crippen LogP contribution is 2.32. The minimum Gasteiger partial charge on any atom is -0.454 e. The van der Waals surface area contributed by atoms with Crippen LogP contribution in [0.5, 0.6) is 11.5 Å². The van der Waals surface area contributed by atoms with Crippen molar-refractivity contribution in [3.63, 3.8) is 0 Å². The van der Waals surface area contributed by atoms with Crippen LogP contribution in [-0.4, -0.2) is 21.1 Å². The van der Waals surface area contributed by atoms with Crippen molar-refractivity contribution in [2.45, 2.75) is 4.90 Å². The first-order chi connectivity index (χ1) is 11.5. The van der Waals surface area contributed by atoms with Gasteiger partial charge in [0.15, 0.2) is 11.5 Å². The van der Waals surface area contributed by atoms with Gasteiger partial charge in [-0.1, -0.05) is 12.1 Å². The van der Waals surface area contributed by atoms with Gasteiger partial charge in [-0.25, -0.2) is 8.42 Å². The lowest BCUT2D eigenvalue weighted by Crippen LogP contribution is -2.41. The van der Waals surface area contributed by atoms with Crippen LogP contribution in [0.2, 0.25) is 0 Å². The zero-order valence-corrected chi connectivity index (χ0v) is 13.0. The largest absolute Gasteiger partial charge is 0.454 e. The molecule has 1 amide bonds. The summed E-state index contributed by atoms with van der Waals surface area (Å²) in [7, 11) is -4.08. The summed E-state index contributed by atoms with van der Waals surface area (Å²) in [6, 6.07) is 11.9. The Balaban J connectivity index is 1.75. The molecule has 8 nitrogen and oxygen atoms in total. The average Bonchev–Trinajstić information content (AvgIpc) is 3.07. The number of hydrogen-bond acceptors (Lipinski definition) is 6. The fourth-order valence-corrected chi connectivity index (χ4v) is 3.07. The Kier molecular flexibility index (Phi) is 4.07. The molecular weight excluding hydrogens is 334 g/mol. The second-order valence-electron chi connectivity index (χ2n) is 4.74. The predicted molar refractivity (Wildman–Crippen MR) is 81.5 cm³/mol. The van der Waals surface area contributed by atoms with Gasteiger partial charge in [-0.05, 0) is 30.3 Å². The van der Waals surface area contributed by atoms with Crippen LogP contribution >= 0.6 is 0 Å². The van der Waals surface area contributed by atoms with Crippen LogP contribution in [0, 0.1) is 11.3 Å². The molecule has 1 aliphatic rings. The molecule has 0 unspecified atom stereocenters. The van der Waals surface area contributed by atoms with E-state index in [2.05, 4.69) is 5.43 Å². The lowest BCUT2D eigenvalue weighted by Gasteiger charge is -2.09. The molecule has 0 saturated carbocycles. The Labute approximate surface area is 137 Å². The molecule has 2 aromatic rings. The number of fused-ring (bicyclic) bond motifs is 1. The molecule has 0 spiro atoms. The van der Waals surface area contributed by atoms with Gasteiger partial charge < -0.3 is 9.47 Å². The number of nitrogens with one attached hydrogen (secondary N) is 2. The van der Waals surface area contributed by atoms with E-state index in [0.717, 1.165) is 0 Å². The van der Waals surface area contributed by atoms with Crippen LogP contribution in [0.25, 0.3) is 0 Å². The first-order valence-electron chi connectivity index (χ1n) is 6.72. The summed E-state index contributed by atoms with van der Waals surface area (Å²) in [5.41, 5.74) is 2.26. The Morgan fingerprint density at radius 3 is 2.67 bits per heavy atom. The summed E-state index contributed by atoms with van der Waals surface area (Å²) in [6.07, 6.45) is 0. The highest BCUT2D eigenvalue weighted by atomic mass is 32.2. The van der Waals surface area contributed by atoms with Crippen molar-refractivity contribution in [3.05, 3.63) is 53.6 Å². The van der Waals surface area contributed by atoms with Gasteiger partial charge in [0.05, 0.1) is 5.56 Å². The van der Waals surface area contributed by atoms with Gasteiger partial charge in [0.1, 0.15) is 11.0 Å². The Morgan fingerprint density at radius 2 is 1.88 bits per heavy atom. The highest BCUT2D eigenvalue weighted by molar-refractivity contribution is 7.89. The van der Waals surface area contributed by atoms with Gasteiger partial charge in [-0.15, -0.1) is 4.83 Å². The third-order valence-electron chi connectivity index (χ3n) is 3.23. The number of benzene rings is 2. The number of ether oxygens (including phenoxy) is 2. The van der Waals surface area contributed by atoms with E-state index in [-0.39, 0.29) is 22.8 Å². The number of carbonyl (C=O) groups excluding carboxylic acids is 1. The maximum absolute atomic E-state index is 12.2. The van der Waals surface area contributed by atoms with E-state index in [1.54, 1.807) is 18.2 Å². The van der Waals surface area contributed by atoms with Crippen LogP contribution in [-0.2, 0) is 10.0 Å². The molecule has 0 radical (unpaired) electrons. The van der Waals surface area contributed by atoms with E-state index in [4.69, 9.17) is 14.7 Å². The molecule has 9 heteroatoms. The minimum absolute atomic E-state index is 0.0256. The minimum atomic E-state index is -4.08. The number of hydrazine groups is 1. The van der Waals surface area contributed by atoms with Crippen LogP contribution in [0.1, 0.15) is 15.9 Å². The first kappa shape index (κ1) is 15.8. The molecule has 2 aromatic carbocycles. The zero-order chi connectivity index (χ0) is 17.2. The number of nitrogens with zero attached hydrogens (tertiary/aromatic N) is 1. The van der Waals surface area contributed by atoms with Crippen molar-refractivity contribution < 1.29 is 22.7 Å².